The van der Waals surface area contributed by atoms with Crippen molar-refractivity contribution in [3.05, 3.63) is 42.5 Å². The van der Waals surface area contributed by atoms with Crippen molar-refractivity contribution >= 4 is 11.9 Å². The highest BCUT2D eigenvalue weighted by atomic mass is 16.7. The van der Waals surface area contributed by atoms with E-state index in [1.165, 1.54) is 24.3 Å². The first-order chi connectivity index (χ1) is 9.19. The fourth-order valence-corrected chi connectivity index (χ4v) is 1.65. The van der Waals surface area contributed by atoms with Gasteiger partial charge in [0, 0.05) is 12.5 Å². The number of hydrogen-bond acceptors (Lipinski definition) is 5. The normalized spacial score (nSPS) is 17.8. The molecule has 2 rings (SSSR count). The van der Waals surface area contributed by atoms with Crippen molar-refractivity contribution in [3.63, 3.8) is 0 Å². The molecular weight excluding hydrogens is 248 g/mol. The summed E-state index contributed by atoms with van der Waals surface area (Å²) >= 11 is 0. The molecule has 0 radical (unpaired) electrons. The quantitative estimate of drug-likeness (QED) is 0.472. The van der Waals surface area contributed by atoms with Crippen LogP contribution in [0.3, 0.4) is 0 Å². The molecule has 5 nitrogen and oxygen atoms in total. The van der Waals surface area contributed by atoms with Crippen molar-refractivity contribution in [3.8, 4) is 5.75 Å². The molecule has 100 valence electrons. The van der Waals surface area contributed by atoms with E-state index in [0.717, 1.165) is 18.9 Å². The lowest BCUT2D eigenvalue weighted by Gasteiger charge is -2.11. The molecule has 1 unspecified atom stereocenters. The number of benzene rings is 1. The van der Waals surface area contributed by atoms with E-state index < -0.39 is 18.2 Å². The number of esters is 2. The summed E-state index contributed by atoms with van der Waals surface area (Å²) in [5, 5.41) is 0. The molecule has 0 saturated carbocycles. The summed E-state index contributed by atoms with van der Waals surface area (Å²) in [6.07, 6.45) is 2.24. The molecule has 0 amide bonds. The number of rotatable bonds is 4. The molecule has 0 bridgehead atoms. The third-order valence-corrected chi connectivity index (χ3v) is 2.60. The first-order valence-corrected chi connectivity index (χ1v) is 5.96. The first-order valence-electron chi connectivity index (χ1n) is 5.96. The molecule has 19 heavy (non-hydrogen) atoms. The van der Waals surface area contributed by atoms with Crippen molar-refractivity contribution in [2.24, 2.45) is 0 Å². The summed E-state index contributed by atoms with van der Waals surface area (Å²) in [6, 6.07) is 6.10. The zero-order valence-electron chi connectivity index (χ0n) is 10.3. The maximum atomic E-state index is 11.8. The monoisotopic (exact) mass is 262 g/mol. The van der Waals surface area contributed by atoms with E-state index in [1.807, 2.05) is 0 Å². The Labute approximate surface area is 110 Å². The topological polar surface area (TPSA) is 61.8 Å². The predicted molar refractivity (Wildman–Crippen MR) is 66.7 cm³/mol. The van der Waals surface area contributed by atoms with E-state index in [1.54, 1.807) is 0 Å². The Bertz CT molecular complexity index is 471. The fourth-order valence-electron chi connectivity index (χ4n) is 1.65. The zero-order chi connectivity index (χ0) is 13.7. The molecule has 1 fully saturated rings. The van der Waals surface area contributed by atoms with Gasteiger partial charge in [0.2, 0.25) is 6.29 Å². The summed E-state index contributed by atoms with van der Waals surface area (Å²) in [7, 11) is 0. The van der Waals surface area contributed by atoms with Crippen LogP contribution in [-0.4, -0.2) is 24.8 Å². The van der Waals surface area contributed by atoms with Crippen LogP contribution in [0.5, 0.6) is 5.75 Å². The zero-order valence-corrected chi connectivity index (χ0v) is 10.3. The lowest BCUT2D eigenvalue weighted by molar-refractivity contribution is -0.128. The van der Waals surface area contributed by atoms with Crippen LogP contribution < -0.4 is 4.74 Å². The van der Waals surface area contributed by atoms with Crippen LogP contribution >= 0.6 is 0 Å². The van der Waals surface area contributed by atoms with Crippen molar-refractivity contribution < 1.29 is 23.8 Å². The van der Waals surface area contributed by atoms with Gasteiger partial charge in [0.15, 0.2) is 0 Å². The van der Waals surface area contributed by atoms with E-state index in [9.17, 15) is 9.59 Å². The Kier molecular flexibility index (Phi) is 4.30. The number of ether oxygens (including phenoxy) is 3. The van der Waals surface area contributed by atoms with E-state index >= 15 is 0 Å². The second-order valence-electron chi connectivity index (χ2n) is 4.00. The van der Waals surface area contributed by atoms with Gasteiger partial charge in [0.05, 0.1) is 12.2 Å². The molecule has 1 heterocycles. The number of carbonyl (C=O) groups excluding carboxylic acids is 2. The fraction of sp³-hybridized carbons (Fsp3) is 0.286. The van der Waals surface area contributed by atoms with Crippen molar-refractivity contribution in [2.45, 2.75) is 19.1 Å². The third-order valence-electron chi connectivity index (χ3n) is 2.60. The van der Waals surface area contributed by atoms with E-state index in [0.29, 0.717) is 17.9 Å². The van der Waals surface area contributed by atoms with Crippen LogP contribution in [-0.2, 0) is 14.3 Å². The maximum Gasteiger partial charge on any atom is 0.340 e. The van der Waals surface area contributed by atoms with E-state index in [-0.39, 0.29) is 0 Å². The molecule has 5 heteroatoms. The van der Waals surface area contributed by atoms with Crippen molar-refractivity contribution in [2.75, 3.05) is 6.61 Å². The van der Waals surface area contributed by atoms with Crippen molar-refractivity contribution in [1.29, 1.82) is 0 Å². The lowest BCUT2D eigenvalue weighted by Crippen LogP contribution is -2.16. The Hall–Kier alpha value is -2.14. The highest BCUT2D eigenvalue weighted by molar-refractivity contribution is 5.90. The largest absolute Gasteiger partial charge is 0.432 e. The molecule has 1 aromatic rings. The SMILES string of the molecule is C=CC(=O)Oc1ccc(C(=O)OC2CCCO2)cc1. The van der Waals surface area contributed by atoms with Crippen LogP contribution in [0.2, 0.25) is 0 Å². The molecule has 0 aromatic heterocycles. The van der Waals surface area contributed by atoms with Gasteiger partial charge in [-0.05, 0) is 30.7 Å². The summed E-state index contributed by atoms with van der Waals surface area (Å²) < 4.78 is 15.3. The third kappa shape index (κ3) is 3.66. The molecule has 1 saturated heterocycles. The summed E-state index contributed by atoms with van der Waals surface area (Å²) in [5.41, 5.74) is 0.383. The van der Waals surface area contributed by atoms with Gasteiger partial charge in [0.25, 0.3) is 0 Å². The summed E-state index contributed by atoms with van der Waals surface area (Å²) in [4.78, 5) is 22.7. The molecule has 1 atom stereocenters. The van der Waals surface area contributed by atoms with Gasteiger partial charge >= 0.3 is 11.9 Å². The highest BCUT2D eigenvalue weighted by Gasteiger charge is 2.20. The Balaban J connectivity index is 1.95. The molecule has 0 aliphatic carbocycles. The highest BCUT2D eigenvalue weighted by Crippen LogP contribution is 2.17. The first kappa shape index (κ1) is 13.3. The van der Waals surface area contributed by atoms with Gasteiger partial charge in [-0.2, -0.15) is 0 Å². The summed E-state index contributed by atoms with van der Waals surface area (Å²) in [6.45, 7) is 3.92. The van der Waals surface area contributed by atoms with E-state index in [2.05, 4.69) is 6.58 Å². The second kappa shape index (κ2) is 6.15. The van der Waals surface area contributed by atoms with Crippen molar-refractivity contribution in [1.82, 2.24) is 0 Å². The smallest absolute Gasteiger partial charge is 0.340 e. The molecular formula is C14H14O5. The van der Waals surface area contributed by atoms with Crippen LogP contribution in [0.1, 0.15) is 23.2 Å². The minimum atomic E-state index is -0.547. The Morgan fingerprint density at radius 1 is 1.32 bits per heavy atom. The van der Waals surface area contributed by atoms with Gasteiger partial charge < -0.3 is 14.2 Å². The van der Waals surface area contributed by atoms with Gasteiger partial charge in [-0.3, -0.25) is 0 Å². The number of hydrogen-bond donors (Lipinski definition) is 0. The second-order valence-corrected chi connectivity index (χ2v) is 4.00. The molecule has 0 N–H and O–H groups in total. The number of carbonyl (C=O) groups is 2. The average Bonchev–Trinajstić information content (AvgIpc) is 2.92. The molecule has 1 aromatic carbocycles. The van der Waals surface area contributed by atoms with Gasteiger partial charge in [-0.15, -0.1) is 0 Å². The average molecular weight is 262 g/mol. The standard InChI is InChI=1S/C14H14O5/c1-2-12(15)18-11-7-5-10(6-8-11)14(16)19-13-4-3-9-17-13/h2,5-8,13H,1,3-4,9H2. The van der Waals surface area contributed by atoms with Crippen LogP contribution in [0, 0.1) is 0 Å². The van der Waals surface area contributed by atoms with Crippen LogP contribution in [0.25, 0.3) is 0 Å². The maximum absolute atomic E-state index is 11.8. The van der Waals surface area contributed by atoms with Gasteiger partial charge in [0.1, 0.15) is 5.75 Å². The van der Waals surface area contributed by atoms with Crippen LogP contribution in [0.4, 0.5) is 0 Å². The van der Waals surface area contributed by atoms with Gasteiger partial charge in [-0.1, -0.05) is 6.58 Å². The predicted octanol–water partition coefficient (Wildman–Crippen LogP) is 2.07. The Morgan fingerprint density at radius 3 is 2.63 bits per heavy atom. The molecule has 1 aliphatic rings. The summed E-state index contributed by atoms with van der Waals surface area (Å²) in [5.74, 6) is -0.651. The molecule has 0 spiro atoms. The lowest BCUT2D eigenvalue weighted by atomic mass is 10.2. The van der Waals surface area contributed by atoms with E-state index in [4.69, 9.17) is 14.2 Å². The van der Waals surface area contributed by atoms with Gasteiger partial charge in [-0.25, -0.2) is 9.59 Å². The minimum Gasteiger partial charge on any atom is -0.432 e. The van der Waals surface area contributed by atoms with Crippen LogP contribution in [0.15, 0.2) is 36.9 Å². The minimum absolute atomic E-state index is 0.346. The Morgan fingerprint density at radius 2 is 2.05 bits per heavy atom. The molecule has 1 aliphatic heterocycles.